The van der Waals surface area contributed by atoms with Crippen LogP contribution in [0.25, 0.3) is 0 Å². The SMILES string of the molecule is CNC(C)COC(=O)NCC(O)CO. The van der Waals surface area contributed by atoms with Crippen molar-refractivity contribution in [3.8, 4) is 0 Å². The van der Waals surface area contributed by atoms with Crippen LogP contribution in [0.2, 0.25) is 0 Å². The molecular weight excluding hydrogens is 188 g/mol. The largest absolute Gasteiger partial charge is 0.448 e. The van der Waals surface area contributed by atoms with Gasteiger partial charge in [0.25, 0.3) is 0 Å². The molecule has 2 atom stereocenters. The third-order valence-electron chi connectivity index (χ3n) is 1.65. The van der Waals surface area contributed by atoms with Gasteiger partial charge in [-0.3, -0.25) is 0 Å². The molecule has 0 aliphatic heterocycles. The van der Waals surface area contributed by atoms with Crippen molar-refractivity contribution in [3.05, 3.63) is 0 Å². The number of carbonyl (C=O) groups is 1. The lowest BCUT2D eigenvalue weighted by Gasteiger charge is -2.12. The maximum atomic E-state index is 10.9. The van der Waals surface area contributed by atoms with Crippen LogP contribution in [0.3, 0.4) is 0 Å². The standard InChI is InChI=1S/C8H18N2O4/c1-6(9-2)5-14-8(13)10-3-7(12)4-11/h6-7,9,11-12H,3-5H2,1-2H3,(H,10,13). The molecule has 0 fully saturated rings. The first-order chi connectivity index (χ1) is 6.60. The minimum atomic E-state index is -0.940. The first kappa shape index (κ1) is 13.2. The lowest BCUT2D eigenvalue weighted by molar-refractivity contribution is 0.0874. The molecule has 0 aromatic carbocycles. The van der Waals surface area contributed by atoms with E-state index in [1.165, 1.54) is 0 Å². The molecule has 0 spiro atoms. The molecule has 0 radical (unpaired) electrons. The van der Waals surface area contributed by atoms with Crippen molar-refractivity contribution in [3.63, 3.8) is 0 Å². The molecule has 0 saturated heterocycles. The Morgan fingerprint density at radius 1 is 1.57 bits per heavy atom. The molecular formula is C8H18N2O4. The quantitative estimate of drug-likeness (QED) is 0.432. The van der Waals surface area contributed by atoms with Crippen molar-refractivity contribution in [2.45, 2.75) is 19.1 Å². The summed E-state index contributed by atoms with van der Waals surface area (Å²) in [5.41, 5.74) is 0. The van der Waals surface area contributed by atoms with Gasteiger partial charge in [-0.15, -0.1) is 0 Å². The normalized spacial score (nSPS) is 14.6. The number of aliphatic hydroxyl groups is 2. The van der Waals surface area contributed by atoms with E-state index < -0.39 is 12.2 Å². The van der Waals surface area contributed by atoms with E-state index in [1.54, 1.807) is 7.05 Å². The number of nitrogens with one attached hydrogen (secondary N) is 2. The van der Waals surface area contributed by atoms with E-state index in [9.17, 15) is 4.79 Å². The lowest BCUT2D eigenvalue weighted by atomic mass is 10.4. The van der Waals surface area contributed by atoms with Gasteiger partial charge in [0.2, 0.25) is 0 Å². The molecule has 0 aliphatic rings. The van der Waals surface area contributed by atoms with E-state index in [4.69, 9.17) is 14.9 Å². The maximum absolute atomic E-state index is 10.9. The average Bonchev–Trinajstić information content (AvgIpc) is 2.22. The summed E-state index contributed by atoms with van der Waals surface area (Å²) in [5, 5.41) is 22.6. The number of likely N-dealkylation sites (N-methyl/N-ethyl adjacent to an activating group) is 1. The van der Waals surface area contributed by atoms with Gasteiger partial charge in [-0.25, -0.2) is 4.79 Å². The van der Waals surface area contributed by atoms with Gasteiger partial charge in [0.05, 0.1) is 12.7 Å². The van der Waals surface area contributed by atoms with Gasteiger partial charge in [0, 0.05) is 12.6 Å². The Morgan fingerprint density at radius 2 is 2.21 bits per heavy atom. The fourth-order valence-electron chi connectivity index (χ4n) is 0.601. The number of carbonyl (C=O) groups excluding carboxylic acids is 1. The topological polar surface area (TPSA) is 90.8 Å². The fraction of sp³-hybridized carbons (Fsp3) is 0.875. The lowest BCUT2D eigenvalue weighted by Crippen LogP contribution is -2.36. The molecule has 84 valence electrons. The number of hydrogen-bond donors (Lipinski definition) is 4. The Morgan fingerprint density at radius 3 is 2.71 bits per heavy atom. The van der Waals surface area contributed by atoms with Gasteiger partial charge in [-0.2, -0.15) is 0 Å². The zero-order valence-electron chi connectivity index (χ0n) is 8.49. The van der Waals surface area contributed by atoms with Crippen LogP contribution >= 0.6 is 0 Å². The molecule has 0 aromatic rings. The summed E-state index contributed by atoms with van der Waals surface area (Å²) in [6, 6.07) is 0.0866. The summed E-state index contributed by atoms with van der Waals surface area (Å²) in [6.07, 6.45) is -1.54. The van der Waals surface area contributed by atoms with Crippen molar-refractivity contribution in [1.82, 2.24) is 10.6 Å². The molecule has 0 aliphatic carbocycles. The van der Waals surface area contributed by atoms with Crippen LogP contribution < -0.4 is 10.6 Å². The molecule has 14 heavy (non-hydrogen) atoms. The van der Waals surface area contributed by atoms with E-state index in [2.05, 4.69) is 10.6 Å². The van der Waals surface area contributed by atoms with Gasteiger partial charge in [-0.05, 0) is 14.0 Å². The van der Waals surface area contributed by atoms with Gasteiger partial charge in [-0.1, -0.05) is 0 Å². The summed E-state index contributed by atoms with van der Waals surface area (Å²) in [6.45, 7) is 1.74. The fourth-order valence-corrected chi connectivity index (χ4v) is 0.601. The summed E-state index contributed by atoms with van der Waals surface area (Å²) in [5.74, 6) is 0. The number of aliphatic hydroxyl groups excluding tert-OH is 2. The van der Waals surface area contributed by atoms with Crippen molar-refractivity contribution < 1.29 is 19.7 Å². The second-order valence-electron chi connectivity index (χ2n) is 3.01. The molecule has 4 N–H and O–H groups in total. The van der Waals surface area contributed by atoms with Gasteiger partial charge in [0.1, 0.15) is 6.61 Å². The monoisotopic (exact) mass is 206 g/mol. The Kier molecular flexibility index (Phi) is 7.09. The highest BCUT2D eigenvalue weighted by molar-refractivity contribution is 5.67. The van der Waals surface area contributed by atoms with Crippen molar-refractivity contribution in [1.29, 1.82) is 0 Å². The molecule has 0 heterocycles. The van der Waals surface area contributed by atoms with Gasteiger partial charge >= 0.3 is 6.09 Å². The highest BCUT2D eigenvalue weighted by Crippen LogP contribution is 1.85. The van der Waals surface area contributed by atoms with Crippen LogP contribution in [-0.4, -0.2) is 55.3 Å². The zero-order valence-corrected chi connectivity index (χ0v) is 8.49. The van der Waals surface area contributed by atoms with Crippen molar-refractivity contribution in [2.75, 3.05) is 26.8 Å². The minimum Gasteiger partial charge on any atom is -0.448 e. The second-order valence-corrected chi connectivity index (χ2v) is 3.01. The Balaban J connectivity index is 3.46. The number of ether oxygens (including phenoxy) is 1. The summed E-state index contributed by atoms with van der Waals surface area (Å²) >= 11 is 0. The van der Waals surface area contributed by atoms with E-state index >= 15 is 0 Å². The van der Waals surface area contributed by atoms with Gasteiger partial charge in [0.15, 0.2) is 0 Å². The molecule has 6 nitrogen and oxygen atoms in total. The number of hydrogen-bond acceptors (Lipinski definition) is 5. The van der Waals surface area contributed by atoms with Crippen LogP contribution in [0.15, 0.2) is 0 Å². The van der Waals surface area contributed by atoms with Crippen molar-refractivity contribution >= 4 is 6.09 Å². The van der Waals surface area contributed by atoms with E-state index in [0.717, 1.165) is 0 Å². The Bertz CT molecular complexity index is 149. The third-order valence-corrected chi connectivity index (χ3v) is 1.65. The second kappa shape index (κ2) is 7.54. The first-order valence-corrected chi connectivity index (χ1v) is 4.47. The maximum Gasteiger partial charge on any atom is 0.407 e. The van der Waals surface area contributed by atoms with Crippen LogP contribution in [0, 0.1) is 0 Å². The highest BCUT2D eigenvalue weighted by atomic mass is 16.5. The van der Waals surface area contributed by atoms with Gasteiger partial charge < -0.3 is 25.6 Å². The molecule has 6 heteroatoms. The Hall–Kier alpha value is -0.850. The number of amides is 1. The average molecular weight is 206 g/mol. The number of rotatable bonds is 6. The predicted octanol–water partition coefficient (Wildman–Crippen LogP) is -1.33. The molecule has 2 unspecified atom stereocenters. The summed E-state index contributed by atoms with van der Waals surface area (Å²) in [4.78, 5) is 10.9. The number of alkyl carbamates (subject to hydrolysis) is 1. The smallest absolute Gasteiger partial charge is 0.407 e. The highest BCUT2D eigenvalue weighted by Gasteiger charge is 2.07. The molecule has 0 saturated carbocycles. The van der Waals surface area contributed by atoms with Crippen molar-refractivity contribution in [2.24, 2.45) is 0 Å². The van der Waals surface area contributed by atoms with Crippen LogP contribution in [0.1, 0.15) is 6.92 Å². The van der Waals surface area contributed by atoms with E-state index in [1.807, 2.05) is 6.92 Å². The first-order valence-electron chi connectivity index (χ1n) is 4.47. The minimum absolute atomic E-state index is 0.0106. The zero-order chi connectivity index (χ0) is 11.0. The van der Waals surface area contributed by atoms with Crippen LogP contribution in [0.4, 0.5) is 4.79 Å². The van der Waals surface area contributed by atoms with Crippen LogP contribution in [0.5, 0.6) is 0 Å². The van der Waals surface area contributed by atoms with E-state index in [-0.39, 0.29) is 25.8 Å². The Labute approximate surface area is 83.3 Å². The summed E-state index contributed by atoms with van der Waals surface area (Å²) < 4.78 is 4.78. The van der Waals surface area contributed by atoms with Crippen LogP contribution in [-0.2, 0) is 4.74 Å². The molecule has 1 amide bonds. The predicted molar refractivity (Wildman–Crippen MR) is 51.0 cm³/mol. The molecule has 0 aromatic heterocycles. The molecule has 0 bridgehead atoms. The third kappa shape index (κ3) is 6.64. The summed E-state index contributed by atoms with van der Waals surface area (Å²) in [7, 11) is 1.77. The van der Waals surface area contributed by atoms with E-state index in [0.29, 0.717) is 0 Å². The molecule has 0 rings (SSSR count).